The van der Waals surface area contributed by atoms with E-state index in [1.807, 2.05) is 0 Å². The highest BCUT2D eigenvalue weighted by Crippen LogP contribution is 2.23. The number of hydrogen-bond donors (Lipinski definition) is 2. The second-order valence-electron chi connectivity index (χ2n) is 2.30. The molecule has 0 aromatic rings. The summed E-state index contributed by atoms with van der Waals surface area (Å²) in [6, 6.07) is 0. The minimum atomic E-state index is 0.825. The Morgan fingerprint density at radius 2 is 1.33 bits per heavy atom. The van der Waals surface area contributed by atoms with Crippen molar-refractivity contribution >= 4 is 54.7 Å². The van der Waals surface area contributed by atoms with E-state index in [9.17, 15) is 0 Å². The molecule has 2 N–H and O–H groups in total. The zero-order valence-electron chi connectivity index (χ0n) is 6.46. The maximum absolute atomic E-state index is 5.05. The van der Waals surface area contributed by atoms with Gasteiger partial charge in [-0.15, -0.1) is 0 Å². The molecule has 1 aliphatic rings. The van der Waals surface area contributed by atoms with Crippen molar-refractivity contribution < 1.29 is 0 Å². The van der Waals surface area contributed by atoms with Crippen molar-refractivity contribution in [3.05, 3.63) is 0 Å². The van der Waals surface area contributed by atoms with Gasteiger partial charge >= 0.3 is 0 Å². The molecule has 12 heavy (non-hydrogen) atoms. The molecule has 68 valence electrons. The predicted octanol–water partition coefficient (Wildman–Crippen LogP) is 1.91. The molecule has 0 spiro atoms. The Bertz CT molecular complexity index is 162. The smallest absolute Gasteiger partial charge is 0.144 e. The van der Waals surface area contributed by atoms with E-state index in [1.54, 1.807) is 0 Å². The Balaban J connectivity index is 2.32. The van der Waals surface area contributed by atoms with E-state index < -0.39 is 0 Å². The second kappa shape index (κ2) is 6.01. The highest BCUT2D eigenvalue weighted by Gasteiger charge is 2.03. The van der Waals surface area contributed by atoms with Crippen LogP contribution in [-0.2, 0) is 0 Å². The highest BCUT2D eigenvalue weighted by molar-refractivity contribution is 8.89. The van der Waals surface area contributed by atoms with Gasteiger partial charge in [0.05, 0.1) is 0 Å². The third-order valence-corrected chi connectivity index (χ3v) is 4.68. The third kappa shape index (κ3) is 4.49. The molecule has 0 radical (unpaired) electrons. The fourth-order valence-corrected chi connectivity index (χ4v) is 2.86. The maximum Gasteiger partial charge on any atom is 0.144 e. The molecular weight excluding hydrogens is 228 g/mol. The van der Waals surface area contributed by atoms with E-state index in [0.29, 0.717) is 0 Å². The Labute approximate surface area is 91.0 Å². The predicted molar refractivity (Wildman–Crippen MR) is 65.6 cm³/mol. The fraction of sp³-hybridized carbons (Fsp3) is 0.667. The van der Waals surface area contributed by atoms with E-state index in [0.717, 1.165) is 34.6 Å². The van der Waals surface area contributed by atoms with Crippen LogP contribution in [0, 0.1) is 0 Å². The molecule has 1 aliphatic heterocycles. The summed E-state index contributed by atoms with van der Waals surface area (Å²) in [6.07, 6.45) is 2.28. The number of rotatable bonds is 0. The van der Waals surface area contributed by atoms with E-state index in [2.05, 4.69) is 10.6 Å². The molecule has 0 saturated carbocycles. The normalized spacial score (nSPS) is 21.0. The van der Waals surface area contributed by atoms with Crippen molar-refractivity contribution in [1.29, 1.82) is 0 Å². The first kappa shape index (κ1) is 10.6. The summed E-state index contributed by atoms with van der Waals surface area (Å²) < 4.78 is 1.65. The van der Waals surface area contributed by atoms with Crippen molar-refractivity contribution in [2.45, 2.75) is 12.8 Å². The van der Waals surface area contributed by atoms with Crippen LogP contribution >= 0.6 is 46.0 Å². The average molecular weight is 238 g/mol. The Morgan fingerprint density at radius 1 is 0.917 bits per heavy atom. The molecule has 2 nitrogen and oxygen atoms in total. The summed E-state index contributed by atoms with van der Waals surface area (Å²) >= 11 is 10.1. The minimum Gasteiger partial charge on any atom is -0.370 e. The molecule has 1 rings (SSSR count). The van der Waals surface area contributed by atoms with Gasteiger partial charge in [-0.2, -0.15) is 0 Å². The first-order valence-electron chi connectivity index (χ1n) is 3.69. The molecule has 0 amide bonds. The number of thiocarbonyl (C=S) groups is 2. The minimum absolute atomic E-state index is 0.825. The number of hydrogen-bond acceptors (Lipinski definition) is 4. The quantitative estimate of drug-likeness (QED) is 0.494. The molecule has 0 bridgehead atoms. The Morgan fingerprint density at radius 3 is 1.75 bits per heavy atom. The van der Waals surface area contributed by atoms with Gasteiger partial charge in [0, 0.05) is 13.1 Å². The lowest BCUT2D eigenvalue weighted by molar-refractivity contribution is 0.699. The zero-order chi connectivity index (χ0) is 8.81. The largest absolute Gasteiger partial charge is 0.370 e. The summed E-state index contributed by atoms with van der Waals surface area (Å²) in [5, 5.41) is 6.32. The van der Waals surface area contributed by atoms with Crippen LogP contribution in [0.4, 0.5) is 0 Å². The van der Waals surface area contributed by atoms with Crippen LogP contribution in [0.15, 0.2) is 0 Å². The molecule has 0 atom stereocenters. The van der Waals surface area contributed by atoms with Gasteiger partial charge in [-0.1, -0.05) is 24.4 Å². The van der Waals surface area contributed by atoms with Crippen LogP contribution in [0.2, 0.25) is 0 Å². The van der Waals surface area contributed by atoms with E-state index in [1.165, 1.54) is 21.6 Å². The first-order valence-corrected chi connectivity index (χ1v) is 6.66. The van der Waals surface area contributed by atoms with Crippen molar-refractivity contribution in [1.82, 2.24) is 10.6 Å². The SMILES string of the molecule is S=C1NCCCCNC(=S)SS1. The molecule has 0 aromatic carbocycles. The lowest BCUT2D eigenvalue weighted by atomic mass is 10.3. The van der Waals surface area contributed by atoms with Gasteiger partial charge in [-0.05, 0) is 34.4 Å². The lowest BCUT2D eigenvalue weighted by Gasteiger charge is -2.11. The number of nitrogens with one attached hydrogen (secondary N) is 2. The van der Waals surface area contributed by atoms with Crippen molar-refractivity contribution in [3.63, 3.8) is 0 Å². The van der Waals surface area contributed by atoms with Crippen molar-refractivity contribution in [2.24, 2.45) is 0 Å². The summed E-state index contributed by atoms with van der Waals surface area (Å²) in [5.74, 6) is 0. The second-order valence-corrected chi connectivity index (χ2v) is 5.79. The van der Waals surface area contributed by atoms with Gasteiger partial charge in [0.15, 0.2) is 0 Å². The van der Waals surface area contributed by atoms with Crippen LogP contribution in [0.25, 0.3) is 0 Å². The summed E-state index contributed by atoms with van der Waals surface area (Å²) in [6.45, 7) is 1.95. The van der Waals surface area contributed by atoms with Gasteiger partial charge in [0.25, 0.3) is 0 Å². The monoisotopic (exact) mass is 238 g/mol. The molecular formula is C6H10N2S4. The Hall–Kier alpha value is 0.480. The van der Waals surface area contributed by atoms with Crippen LogP contribution in [0.3, 0.4) is 0 Å². The first-order chi connectivity index (χ1) is 5.79. The van der Waals surface area contributed by atoms with E-state index >= 15 is 0 Å². The molecule has 1 heterocycles. The van der Waals surface area contributed by atoms with Gasteiger partial charge in [-0.3, -0.25) is 0 Å². The van der Waals surface area contributed by atoms with Gasteiger partial charge < -0.3 is 10.6 Å². The van der Waals surface area contributed by atoms with Crippen LogP contribution in [-0.4, -0.2) is 21.7 Å². The molecule has 1 saturated heterocycles. The lowest BCUT2D eigenvalue weighted by Crippen LogP contribution is -2.25. The molecule has 0 unspecified atom stereocenters. The van der Waals surface area contributed by atoms with Gasteiger partial charge in [0.2, 0.25) is 0 Å². The zero-order valence-corrected chi connectivity index (χ0v) is 9.73. The molecule has 1 fully saturated rings. The summed E-state index contributed by atoms with van der Waals surface area (Å²) in [4.78, 5) is 0. The highest BCUT2D eigenvalue weighted by atomic mass is 33.1. The summed E-state index contributed by atoms with van der Waals surface area (Å²) in [5.41, 5.74) is 0. The fourth-order valence-electron chi connectivity index (χ4n) is 0.766. The average Bonchev–Trinajstić information content (AvgIpc) is 2.07. The van der Waals surface area contributed by atoms with Gasteiger partial charge in [-0.25, -0.2) is 0 Å². The standard InChI is InChI=1S/C6H10N2S4/c9-5-7-3-1-2-4-8-6(10)12-11-5/h1-4H2,(H,7,9)(H,8,10). The summed E-state index contributed by atoms with van der Waals surface area (Å²) in [7, 11) is 3.03. The third-order valence-electron chi connectivity index (χ3n) is 1.34. The van der Waals surface area contributed by atoms with E-state index in [-0.39, 0.29) is 0 Å². The van der Waals surface area contributed by atoms with Crippen LogP contribution < -0.4 is 10.6 Å². The van der Waals surface area contributed by atoms with Gasteiger partial charge in [0.1, 0.15) is 8.64 Å². The molecule has 0 aliphatic carbocycles. The molecule has 6 heteroatoms. The maximum atomic E-state index is 5.05. The van der Waals surface area contributed by atoms with Crippen molar-refractivity contribution in [2.75, 3.05) is 13.1 Å². The topological polar surface area (TPSA) is 24.1 Å². The molecule has 0 aromatic heterocycles. The van der Waals surface area contributed by atoms with Crippen molar-refractivity contribution in [3.8, 4) is 0 Å². The Kier molecular flexibility index (Phi) is 5.29. The van der Waals surface area contributed by atoms with E-state index in [4.69, 9.17) is 24.4 Å². The van der Waals surface area contributed by atoms with Crippen LogP contribution in [0.1, 0.15) is 12.8 Å². The van der Waals surface area contributed by atoms with Crippen LogP contribution in [0.5, 0.6) is 0 Å².